The molecule has 0 aromatic carbocycles. The fourth-order valence-corrected chi connectivity index (χ4v) is 3.03. The van der Waals surface area contributed by atoms with Crippen LogP contribution in [-0.2, 0) is 10.3 Å². The van der Waals surface area contributed by atoms with Crippen molar-refractivity contribution in [3.8, 4) is 0 Å². The van der Waals surface area contributed by atoms with Crippen LogP contribution in [0.2, 0.25) is 0 Å². The van der Waals surface area contributed by atoms with E-state index in [2.05, 4.69) is 16.9 Å². The van der Waals surface area contributed by atoms with Crippen LogP contribution in [0.5, 0.6) is 0 Å². The Morgan fingerprint density at radius 2 is 2.11 bits per heavy atom. The van der Waals surface area contributed by atoms with Crippen molar-refractivity contribution in [3.63, 3.8) is 0 Å². The van der Waals surface area contributed by atoms with Crippen LogP contribution in [0.25, 0.3) is 0 Å². The first-order valence-electron chi connectivity index (χ1n) is 7.23. The second kappa shape index (κ2) is 5.45. The van der Waals surface area contributed by atoms with Crippen molar-refractivity contribution in [2.45, 2.75) is 59.0 Å². The molecule has 2 unspecified atom stereocenters. The molecule has 2 atom stereocenters. The van der Waals surface area contributed by atoms with Crippen LogP contribution in [0.4, 0.5) is 5.82 Å². The molecule has 1 aromatic rings. The van der Waals surface area contributed by atoms with Gasteiger partial charge in [-0.2, -0.15) is 0 Å². The number of ether oxygens (including phenoxy) is 1. The smallest absolute Gasteiger partial charge is 0.162 e. The maximum absolute atomic E-state index is 6.10. The maximum Gasteiger partial charge on any atom is 0.162 e. The van der Waals surface area contributed by atoms with Crippen molar-refractivity contribution in [1.82, 2.24) is 9.97 Å². The van der Waals surface area contributed by atoms with Gasteiger partial charge in [0.05, 0.1) is 0 Å². The average molecular weight is 263 g/mol. The molecule has 1 fully saturated rings. The lowest BCUT2D eigenvalue weighted by Gasteiger charge is -2.38. The van der Waals surface area contributed by atoms with Gasteiger partial charge in [0, 0.05) is 17.9 Å². The van der Waals surface area contributed by atoms with Crippen molar-refractivity contribution in [1.29, 1.82) is 0 Å². The molecule has 19 heavy (non-hydrogen) atoms. The molecule has 1 aliphatic carbocycles. The number of anilines is 1. The topological polar surface area (TPSA) is 61.0 Å². The first-order chi connectivity index (χ1) is 8.98. The summed E-state index contributed by atoms with van der Waals surface area (Å²) in [4.78, 5) is 9.19. The second-order valence-electron chi connectivity index (χ2n) is 5.77. The zero-order valence-corrected chi connectivity index (χ0v) is 12.5. The summed E-state index contributed by atoms with van der Waals surface area (Å²) in [6, 6.07) is 0. The molecule has 1 aliphatic rings. The summed E-state index contributed by atoms with van der Waals surface area (Å²) in [6.07, 6.45) is 4.41. The van der Waals surface area contributed by atoms with Crippen molar-refractivity contribution in [2.75, 3.05) is 12.3 Å². The van der Waals surface area contributed by atoms with Gasteiger partial charge in [-0.1, -0.05) is 13.3 Å². The van der Waals surface area contributed by atoms with Crippen LogP contribution >= 0.6 is 0 Å². The Labute approximate surface area is 115 Å². The molecule has 106 valence electrons. The highest BCUT2D eigenvalue weighted by atomic mass is 16.5. The lowest BCUT2D eigenvalue weighted by molar-refractivity contribution is -0.0881. The molecule has 0 saturated heterocycles. The van der Waals surface area contributed by atoms with Crippen LogP contribution in [0, 0.1) is 19.8 Å². The van der Waals surface area contributed by atoms with Gasteiger partial charge >= 0.3 is 0 Å². The largest absolute Gasteiger partial charge is 0.383 e. The van der Waals surface area contributed by atoms with E-state index in [0.29, 0.717) is 18.3 Å². The molecule has 0 aliphatic heterocycles. The fraction of sp³-hybridized carbons (Fsp3) is 0.733. The van der Waals surface area contributed by atoms with E-state index in [9.17, 15) is 0 Å². The predicted octanol–water partition coefficient (Wildman–Crippen LogP) is 3.12. The van der Waals surface area contributed by atoms with Gasteiger partial charge in [0.1, 0.15) is 11.4 Å². The van der Waals surface area contributed by atoms with E-state index < -0.39 is 0 Å². The van der Waals surface area contributed by atoms with Gasteiger partial charge in [0.2, 0.25) is 0 Å². The molecule has 1 saturated carbocycles. The number of rotatable bonds is 3. The summed E-state index contributed by atoms with van der Waals surface area (Å²) >= 11 is 0. The molecule has 0 spiro atoms. The summed E-state index contributed by atoms with van der Waals surface area (Å²) < 4.78 is 6.10. The van der Waals surface area contributed by atoms with Crippen LogP contribution in [-0.4, -0.2) is 16.6 Å². The normalized spacial score (nSPS) is 27.5. The van der Waals surface area contributed by atoms with Crippen LogP contribution in [0.15, 0.2) is 0 Å². The van der Waals surface area contributed by atoms with E-state index in [1.54, 1.807) is 0 Å². The number of hydrogen-bond donors (Lipinski definition) is 1. The summed E-state index contributed by atoms with van der Waals surface area (Å²) in [6.45, 7) is 8.94. The molecule has 4 heteroatoms. The van der Waals surface area contributed by atoms with Gasteiger partial charge in [-0.25, -0.2) is 9.97 Å². The third kappa shape index (κ3) is 2.73. The molecule has 0 radical (unpaired) electrons. The van der Waals surface area contributed by atoms with Gasteiger partial charge in [-0.15, -0.1) is 0 Å². The van der Waals surface area contributed by atoms with Gasteiger partial charge in [-0.3, -0.25) is 0 Å². The minimum absolute atomic E-state index is 0.334. The van der Waals surface area contributed by atoms with Crippen molar-refractivity contribution in [3.05, 3.63) is 17.1 Å². The van der Waals surface area contributed by atoms with Crippen molar-refractivity contribution in [2.24, 2.45) is 5.92 Å². The summed E-state index contributed by atoms with van der Waals surface area (Å²) in [5.41, 5.74) is 7.61. The first-order valence-corrected chi connectivity index (χ1v) is 7.23. The minimum atomic E-state index is -0.334. The monoisotopic (exact) mass is 263 g/mol. The summed E-state index contributed by atoms with van der Waals surface area (Å²) in [5, 5.41) is 0. The number of nitrogen functional groups attached to an aromatic ring is 1. The lowest BCUT2D eigenvalue weighted by Crippen LogP contribution is -2.37. The number of aryl methyl sites for hydroxylation is 1. The number of nitrogens with two attached hydrogens (primary N) is 1. The predicted molar refractivity (Wildman–Crippen MR) is 76.9 cm³/mol. The third-order valence-corrected chi connectivity index (χ3v) is 4.21. The minimum Gasteiger partial charge on any atom is -0.383 e. The van der Waals surface area contributed by atoms with Gasteiger partial charge in [0.15, 0.2) is 5.82 Å². The molecule has 0 bridgehead atoms. The maximum atomic E-state index is 6.10. The van der Waals surface area contributed by atoms with E-state index in [1.165, 1.54) is 6.42 Å². The Kier molecular flexibility index (Phi) is 4.09. The van der Waals surface area contributed by atoms with E-state index in [4.69, 9.17) is 10.5 Å². The molecule has 1 aromatic heterocycles. The Morgan fingerprint density at radius 3 is 2.68 bits per heavy atom. The Bertz CT molecular complexity index is 434. The second-order valence-corrected chi connectivity index (χ2v) is 5.77. The quantitative estimate of drug-likeness (QED) is 0.910. The van der Waals surface area contributed by atoms with E-state index in [1.807, 2.05) is 20.8 Å². The van der Waals surface area contributed by atoms with Crippen LogP contribution in [0.3, 0.4) is 0 Å². The Hall–Kier alpha value is -1.16. The fourth-order valence-electron chi connectivity index (χ4n) is 3.03. The lowest BCUT2D eigenvalue weighted by atomic mass is 9.78. The third-order valence-electron chi connectivity index (χ3n) is 4.21. The summed E-state index contributed by atoms with van der Waals surface area (Å²) in [7, 11) is 0. The van der Waals surface area contributed by atoms with Crippen LogP contribution in [0.1, 0.15) is 56.6 Å². The van der Waals surface area contributed by atoms with Crippen molar-refractivity contribution < 1.29 is 4.74 Å². The van der Waals surface area contributed by atoms with E-state index in [0.717, 1.165) is 36.3 Å². The molecule has 4 nitrogen and oxygen atoms in total. The molecular formula is C15H25N3O. The molecule has 2 N–H and O–H groups in total. The summed E-state index contributed by atoms with van der Waals surface area (Å²) in [5.74, 6) is 2.01. The average Bonchev–Trinajstić information content (AvgIpc) is 2.35. The zero-order chi connectivity index (χ0) is 14.0. The number of hydrogen-bond acceptors (Lipinski definition) is 4. The van der Waals surface area contributed by atoms with E-state index >= 15 is 0 Å². The zero-order valence-electron chi connectivity index (χ0n) is 12.5. The SMILES string of the molecule is CCOC1(c2nc(C)c(C)c(N)n2)CCCC(C)C1. The van der Waals surface area contributed by atoms with Crippen molar-refractivity contribution >= 4 is 5.82 Å². The number of aromatic nitrogens is 2. The van der Waals surface area contributed by atoms with Crippen LogP contribution < -0.4 is 5.73 Å². The van der Waals surface area contributed by atoms with E-state index in [-0.39, 0.29) is 5.60 Å². The number of nitrogens with zero attached hydrogens (tertiary/aromatic N) is 2. The van der Waals surface area contributed by atoms with Gasteiger partial charge in [0.25, 0.3) is 0 Å². The highest BCUT2D eigenvalue weighted by Crippen LogP contribution is 2.41. The molecule has 2 rings (SSSR count). The highest BCUT2D eigenvalue weighted by Gasteiger charge is 2.40. The molecule has 0 amide bonds. The first kappa shape index (κ1) is 14.3. The van der Waals surface area contributed by atoms with Gasteiger partial charge < -0.3 is 10.5 Å². The Balaban J connectivity index is 2.44. The standard InChI is InChI=1S/C15H25N3O/c1-5-19-15(8-6-7-10(2)9-15)14-17-12(4)11(3)13(16)18-14/h10H,5-9H2,1-4H3,(H2,16,17,18). The molecule has 1 heterocycles. The van der Waals surface area contributed by atoms with Gasteiger partial charge in [-0.05, 0) is 46.0 Å². The molecular weight excluding hydrogens is 238 g/mol. The highest BCUT2D eigenvalue weighted by molar-refractivity contribution is 5.41. The Morgan fingerprint density at radius 1 is 1.37 bits per heavy atom.